The van der Waals surface area contributed by atoms with E-state index in [9.17, 15) is 4.79 Å². The lowest BCUT2D eigenvalue weighted by Gasteiger charge is -2.02. The van der Waals surface area contributed by atoms with Gasteiger partial charge < -0.3 is 4.57 Å². The summed E-state index contributed by atoms with van der Waals surface area (Å²) in [6.07, 6.45) is 2.99. The Morgan fingerprint density at radius 1 is 1.12 bits per heavy atom. The molecule has 0 atom stereocenters. The molecule has 0 N–H and O–H groups in total. The summed E-state index contributed by atoms with van der Waals surface area (Å²) in [5.74, 6) is 0. The van der Waals surface area contributed by atoms with Gasteiger partial charge in [-0.05, 0) is 29.7 Å². The Morgan fingerprint density at radius 2 is 2.00 bits per heavy atom. The third-order valence-corrected chi connectivity index (χ3v) is 3.80. The number of fused-ring (bicyclic) bond motifs is 1. The van der Waals surface area contributed by atoms with Gasteiger partial charge in [0.05, 0.1) is 11.4 Å². The molecule has 0 aliphatic carbocycles. The zero-order valence-electron chi connectivity index (χ0n) is 9.17. The maximum atomic E-state index is 10.6. The van der Waals surface area contributed by atoms with E-state index in [-0.39, 0.29) is 0 Å². The van der Waals surface area contributed by atoms with Crippen LogP contribution in [0.15, 0.2) is 48.7 Å². The van der Waals surface area contributed by atoms with Gasteiger partial charge in [0, 0.05) is 16.6 Å². The van der Waals surface area contributed by atoms with Crippen molar-refractivity contribution in [3.8, 4) is 0 Å². The van der Waals surface area contributed by atoms with Crippen LogP contribution in [-0.4, -0.2) is 10.9 Å². The van der Waals surface area contributed by atoms with E-state index < -0.39 is 0 Å². The van der Waals surface area contributed by atoms with E-state index in [2.05, 4.69) is 29.0 Å². The van der Waals surface area contributed by atoms with Crippen molar-refractivity contribution in [3.63, 3.8) is 0 Å². The lowest BCUT2D eigenvalue weighted by molar-refractivity contribution is 0.112. The molecule has 0 saturated heterocycles. The fourth-order valence-corrected chi connectivity index (χ4v) is 2.82. The molecule has 0 aliphatic heterocycles. The number of hydrogen-bond acceptors (Lipinski definition) is 2. The fraction of sp³-hybridized carbons (Fsp3) is 0.0714. The van der Waals surface area contributed by atoms with Crippen molar-refractivity contribution >= 4 is 28.5 Å². The second-order valence-corrected chi connectivity index (χ2v) is 5.12. The van der Waals surface area contributed by atoms with E-state index in [1.165, 1.54) is 15.8 Å². The fourth-order valence-electron chi connectivity index (χ4n) is 1.99. The van der Waals surface area contributed by atoms with Gasteiger partial charge >= 0.3 is 0 Å². The Hall–Kier alpha value is -1.87. The van der Waals surface area contributed by atoms with Crippen LogP contribution in [0.2, 0.25) is 0 Å². The summed E-state index contributed by atoms with van der Waals surface area (Å²) in [6.45, 7) is 0.825. The molecular weight excluding hydrogens is 230 g/mol. The molecule has 0 spiro atoms. The van der Waals surface area contributed by atoms with Crippen molar-refractivity contribution in [1.82, 2.24) is 4.57 Å². The number of para-hydroxylation sites is 1. The third-order valence-electron chi connectivity index (χ3n) is 2.80. The second kappa shape index (κ2) is 4.18. The lowest BCUT2D eigenvalue weighted by atomic mass is 10.2. The molecule has 1 aromatic carbocycles. The highest BCUT2D eigenvalue weighted by atomic mass is 32.1. The van der Waals surface area contributed by atoms with Crippen molar-refractivity contribution in [2.45, 2.75) is 6.54 Å². The first-order valence-corrected chi connectivity index (χ1v) is 6.26. The molecule has 3 aromatic rings. The summed E-state index contributed by atoms with van der Waals surface area (Å²) in [7, 11) is 0. The van der Waals surface area contributed by atoms with E-state index in [4.69, 9.17) is 0 Å². The van der Waals surface area contributed by atoms with Gasteiger partial charge in [0.2, 0.25) is 0 Å². The van der Waals surface area contributed by atoms with Crippen LogP contribution in [0.3, 0.4) is 0 Å². The monoisotopic (exact) mass is 241 g/mol. The Labute approximate surface area is 103 Å². The number of thiophene rings is 1. The van der Waals surface area contributed by atoms with Crippen molar-refractivity contribution in [1.29, 1.82) is 0 Å². The summed E-state index contributed by atoms with van der Waals surface area (Å²) < 4.78 is 2.20. The van der Waals surface area contributed by atoms with Gasteiger partial charge in [-0.25, -0.2) is 0 Å². The first kappa shape index (κ1) is 10.3. The molecule has 0 bridgehead atoms. The first-order valence-electron chi connectivity index (χ1n) is 5.44. The van der Waals surface area contributed by atoms with Gasteiger partial charge in [0.15, 0.2) is 6.29 Å². The van der Waals surface area contributed by atoms with Crippen LogP contribution in [0.1, 0.15) is 14.5 Å². The zero-order valence-corrected chi connectivity index (χ0v) is 9.98. The molecule has 3 rings (SSSR count). The van der Waals surface area contributed by atoms with E-state index in [0.29, 0.717) is 0 Å². The summed E-state index contributed by atoms with van der Waals surface area (Å²) in [4.78, 5) is 12.6. The van der Waals surface area contributed by atoms with Gasteiger partial charge in [-0.2, -0.15) is 0 Å². The van der Waals surface area contributed by atoms with Crippen LogP contribution in [0.5, 0.6) is 0 Å². The maximum absolute atomic E-state index is 10.6. The topological polar surface area (TPSA) is 22.0 Å². The molecule has 0 aliphatic rings. The number of carbonyl (C=O) groups is 1. The Balaban J connectivity index is 1.96. The van der Waals surface area contributed by atoms with Crippen molar-refractivity contribution in [2.24, 2.45) is 0 Å². The van der Waals surface area contributed by atoms with Gasteiger partial charge in [0.25, 0.3) is 0 Å². The second-order valence-electron chi connectivity index (χ2n) is 3.92. The Kier molecular flexibility index (Phi) is 2.53. The van der Waals surface area contributed by atoms with Crippen LogP contribution >= 0.6 is 11.3 Å². The van der Waals surface area contributed by atoms with Crippen molar-refractivity contribution in [2.75, 3.05) is 0 Å². The first-order chi connectivity index (χ1) is 8.36. The van der Waals surface area contributed by atoms with Gasteiger partial charge in [-0.3, -0.25) is 4.79 Å². The molecule has 0 fully saturated rings. The average molecular weight is 241 g/mol. The SMILES string of the molecule is O=Cc1ccc(Cn2ccc3ccccc32)s1. The molecule has 2 nitrogen and oxygen atoms in total. The highest BCUT2D eigenvalue weighted by molar-refractivity contribution is 7.13. The predicted molar refractivity (Wildman–Crippen MR) is 70.7 cm³/mol. The number of aromatic nitrogens is 1. The number of hydrogen-bond donors (Lipinski definition) is 0. The van der Waals surface area contributed by atoms with Crippen molar-refractivity contribution in [3.05, 3.63) is 58.4 Å². The maximum Gasteiger partial charge on any atom is 0.160 e. The minimum absolute atomic E-state index is 0.788. The average Bonchev–Trinajstić information content (AvgIpc) is 2.97. The summed E-state index contributed by atoms with van der Waals surface area (Å²) in [6, 6.07) is 14.3. The summed E-state index contributed by atoms with van der Waals surface area (Å²) in [5.41, 5.74) is 1.23. The van der Waals surface area contributed by atoms with E-state index >= 15 is 0 Å². The molecule has 0 saturated carbocycles. The largest absolute Gasteiger partial charge is 0.342 e. The molecule has 0 unspecified atom stereocenters. The number of benzene rings is 1. The highest BCUT2D eigenvalue weighted by Crippen LogP contribution is 2.20. The predicted octanol–water partition coefficient (Wildman–Crippen LogP) is 3.56. The van der Waals surface area contributed by atoms with Crippen molar-refractivity contribution < 1.29 is 4.79 Å². The highest BCUT2D eigenvalue weighted by Gasteiger charge is 2.03. The molecule has 2 heterocycles. The Morgan fingerprint density at radius 3 is 2.82 bits per heavy atom. The van der Waals surface area contributed by atoms with Crippen LogP contribution in [-0.2, 0) is 6.54 Å². The summed E-state index contributed by atoms with van der Waals surface area (Å²) in [5, 5.41) is 1.25. The number of rotatable bonds is 3. The van der Waals surface area contributed by atoms with Gasteiger partial charge in [-0.15, -0.1) is 11.3 Å². The van der Waals surface area contributed by atoms with Gasteiger partial charge in [0.1, 0.15) is 0 Å². The molecular formula is C14H11NOS. The molecule has 0 amide bonds. The van der Waals surface area contributed by atoms with Crippen LogP contribution in [0.4, 0.5) is 0 Å². The van der Waals surface area contributed by atoms with Gasteiger partial charge in [-0.1, -0.05) is 18.2 Å². The minimum atomic E-state index is 0.788. The normalized spacial score (nSPS) is 10.8. The van der Waals surface area contributed by atoms with Crippen LogP contribution in [0, 0.1) is 0 Å². The summed E-state index contributed by atoms with van der Waals surface area (Å²) >= 11 is 1.55. The van der Waals surface area contributed by atoms with E-state index in [1.807, 2.05) is 24.3 Å². The van der Waals surface area contributed by atoms with Crippen LogP contribution in [0.25, 0.3) is 10.9 Å². The van der Waals surface area contributed by atoms with Crippen LogP contribution < -0.4 is 0 Å². The zero-order chi connectivity index (χ0) is 11.7. The molecule has 17 heavy (non-hydrogen) atoms. The molecule has 84 valence electrons. The lowest BCUT2D eigenvalue weighted by Crippen LogP contribution is -1.94. The van der Waals surface area contributed by atoms with E-state index in [1.54, 1.807) is 11.3 Å². The molecule has 0 radical (unpaired) electrons. The quantitative estimate of drug-likeness (QED) is 0.643. The minimum Gasteiger partial charge on any atom is -0.342 e. The van der Waals surface area contributed by atoms with E-state index in [0.717, 1.165) is 17.7 Å². The standard InChI is InChI=1S/C14H11NOS/c16-10-13-6-5-12(17-13)9-15-8-7-11-3-1-2-4-14(11)15/h1-8,10H,9H2. The third kappa shape index (κ3) is 1.89. The number of aldehydes is 1. The molecule has 2 aromatic heterocycles. The Bertz CT molecular complexity index is 665. The smallest absolute Gasteiger partial charge is 0.160 e. The number of nitrogens with zero attached hydrogens (tertiary/aromatic N) is 1. The number of carbonyl (C=O) groups excluding carboxylic acids is 1. The molecule has 3 heteroatoms.